The van der Waals surface area contributed by atoms with Gasteiger partial charge in [0.2, 0.25) is 5.91 Å². The van der Waals surface area contributed by atoms with Crippen LogP contribution in [0.15, 0.2) is 12.1 Å². The third-order valence-electron chi connectivity index (χ3n) is 2.94. The molecule has 1 fully saturated rings. The van der Waals surface area contributed by atoms with Gasteiger partial charge in [0.15, 0.2) is 0 Å². The van der Waals surface area contributed by atoms with Gasteiger partial charge in [0.25, 0.3) is 0 Å². The number of rotatable bonds is 4. The van der Waals surface area contributed by atoms with Crippen molar-refractivity contribution in [2.45, 2.75) is 24.8 Å². The van der Waals surface area contributed by atoms with Crippen LogP contribution < -0.4 is 5.32 Å². The van der Waals surface area contributed by atoms with Crippen LogP contribution in [0.25, 0.3) is 0 Å². The Morgan fingerprint density at radius 1 is 1.28 bits per heavy atom. The predicted octanol–water partition coefficient (Wildman–Crippen LogP) is 2.84. The van der Waals surface area contributed by atoms with Crippen LogP contribution in [0.3, 0.4) is 0 Å². The van der Waals surface area contributed by atoms with Crippen LogP contribution in [-0.2, 0) is 10.3 Å². The first-order valence-corrected chi connectivity index (χ1v) is 6.04. The van der Waals surface area contributed by atoms with Crippen LogP contribution in [0.1, 0.15) is 24.8 Å². The lowest BCUT2D eigenvalue weighted by Gasteiger charge is -2.19. The average molecular weight is 278 g/mol. The maximum absolute atomic E-state index is 13.6. The molecule has 1 N–H and O–H groups in total. The van der Waals surface area contributed by atoms with Gasteiger partial charge in [-0.05, 0) is 12.8 Å². The number of nitrogens with one attached hydrogen (secondary N) is 1. The van der Waals surface area contributed by atoms with E-state index in [0.717, 1.165) is 0 Å². The van der Waals surface area contributed by atoms with Crippen molar-refractivity contribution in [3.8, 4) is 0 Å². The minimum absolute atomic E-state index is 0.0771. The fraction of sp³-hybridized carbons (Fsp3) is 0.417. The lowest BCUT2D eigenvalue weighted by Crippen LogP contribution is -2.36. The van der Waals surface area contributed by atoms with E-state index in [1.54, 1.807) is 0 Å². The fourth-order valence-corrected chi connectivity index (χ4v) is 2.15. The number of carbonyl (C=O) groups is 1. The smallest absolute Gasteiger partial charge is 0.221 e. The third kappa shape index (κ3) is 2.46. The van der Waals surface area contributed by atoms with Crippen LogP contribution in [0, 0.1) is 17.5 Å². The van der Waals surface area contributed by atoms with Gasteiger partial charge < -0.3 is 5.32 Å². The Morgan fingerprint density at radius 3 is 2.28 bits per heavy atom. The van der Waals surface area contributed by atoms with Gasteiger partial charge in [-0.2, -0.15) is 0 Å². The van der Waals surface area contributed by atoms with Gasteiger partial charge in [0.1, 0.15) is 17.5 Å². The van der Waals surface area contributed by atoms with E-state index in [1.807, 2.05) is 0 Å². The van der Waals surface area contributed by atoms with Gasteiger partial charge >= 0.3 is 0 Å². The van der Waals surface area contributed by atoms with Crippen LogP contribution >= 0.6 is 11.6 Å². The predicted molar refractivity (Wildman–Crippen MR) is 60.7 cm³/mol. The molecule has 0 aliphatic heterocycles. The fourth-order valence-electron chi connectivity index (χ4n) is 1.98. The summed E-state index contributed by atoms with van der Waals surface area (Å²) in [5, 5.41) is 2.56. The van der Waals surface area contributed by atoms with Crippen LogP contribution in [0.4, 0.5) is 13.2 Å². The molecule has 0 bridgehead atoms. The Kier molecular flexibility index (Phi) is 3.52. The number of hydrogen-bond acceptors (Lipinski definition) is 1. The van der Waals surface area contributed by atoms with Crippen molar-refractivity contribution in [3.05, 3.63) is 35.1 Å². The largest absolute Gasteiger partial charge is 0.346 e. The highest BCUT2D eigenvalue weighted by atomic mass is 35.5. The van der Waals surface area contributed by atoms with Crippen molar-refractivity contribution in [2.24, 2.45) is 0 Å². The summed E-state index contributed by atoms with van der Waals surface area (Å²) in [5.41, 5.74) is -1.31. The third-order valence-corrected chi connectivity index (χ3v) is 3.12. The van der Waals surface area contributed by atoms with Crippen LogP contribution in [0.5, 0.6) is 0 Å². The van der Waals surface area contributed by atoms with E-state index in [4.69, 9.17) is 11.6 Å². The molecule has 2 rings (SSSR count). The molecule has 1 saturated carbocycles. The highest BCUT2D eigenvalue weighted by Gasteiger charge is 2.49. The number of halogens is 4. The maximum atomic E-state index is 13.6. The molecular weight excluding hydrogens is 267 g/mol. The molecule has 0 aromatic heterocycles. The van der Waals surface area contributed by atoms with E-state index in [1.165, 1.54) is 0 Å². The van der Waals surface area contributed by atoms with Gasteiger partial charge in [-0.25, -0.2) is 13.2 Å². The van der Waals surface area contributed by atoms with Gasteiger partial charge in [0.05, 0.1) is 5.54 Å². The van der Waals surface area contributed by atoms with Crippen molar-refractivity contribution in [1.29, 1.82) is 0 Å². The van der Waals surface area contributed by atoms with E-state index in [9.17, 15) is 18.0 Å². The Balaban J connectivity index is 2.28. The lowest BCUT2D eigenvalue weighted by atomic mass is 10.0. The van der Waals surface area contributed by atoms with Crippen LogP contribution in [0.2, 0.25) is 0 Å². The van der Waals surface area contributed by atoms with Crippen molar-refractivity contribution in [3.63, 3.8) is 0 Å². The summed E-state index contributed by atoms with van der Waals surface area (Å²) in [5.74, 6) is -3.16. The first kappa shape index (κ1) is 13.2. The molecule has 98 valence electrons. The van der Waals surface area contributed by atoms with Crippen molar-refractivity contribution >= 4 is 17.5 Å². The van der Waals surface area contributed by atoms with Gasteiger partial charge in [-0.1, -0.05) is 0 Å². The Labute approximate surface area is 107 Å². The molecule has 0 atom stereocenters. The van der Waals surface area contributed by atoms with Crippen molar-refractivity contribution in [1.82, 2.24) is 5.32 Å². The number of hydrogen-bond donors (Lipinski definition) is 1. The number of amides is 1. The minimum atomic E-state index is -1.04. The Bertz CT molecular complexity index is 465. The minimum Gasteiger partial charge on any atom is -0.346 e. The van der Waals surface area contributed by atoms with Gasteiger partial charge in [0, 0.05) is 30.0 Å². The Morgan fingerprint density at radius 2 is 1.83 bits per heavy atom. The molecule has 18 heavy (non-hydrogen) atoms. The molecule has 1 amide bonds. The zero-order chi connectivity index (χ0) is 13.3. The second-order valence-electron chi connectivity index (χ2n) is 4.31. The first-order chi connectivity index (χ1) is 8.48. The summed E-state index contributed by atoms with van der Waals surface area (Å²) in [6, 6.07) is 1.23. The van der Waals surface area contributed by atoms with Gasteiger partial charge in [-0.3, -0.25) is 4.79 Å². The molecule has 1 aliphatic rings. The molecule has 0 radical (unpaired) electrons. The lowest BCUT2D eigenvalue weighted by molar-refractivity contribution is -0.121. The summed E-state index contributed by atoms with van der Waals surface area (Å²) in [7, 11) is 0. The summed E-state index contributed by atoms with van der Waals surface area (Å²) < 4.78 is 40.1. The molecule has 0 saturated heterocycles. The molecular formula is C12H11ClF3NO. The molecule has 6 heteroatoms. The molecule has 1 aromatic rings. The summed E-state index contributed by atoms with van der Waals surface area (Å²) in [6.07, 6.45) is 0.939. The Hall–Kier alpha value is -1.23. The highest BCUT2D eigenvalue weighted by Crippen LogP contribution is 2.47. The van der Waals surface area contributed by atoms with E-state index in [0.29, 0.717) is 25.0 Å². The summed E-state index contributed by atoms with van der Waals surface area (Å²) >= 11 is 5.42. The highest BCUT2D eigenvalue weighted by molar-refractivity contribution is 6.18. The number of alkyl halides is 1. The first-order valence-electron chi connectivity index (χ1n) is 5.50. The van der Waals surface area contributed by atoms with E-state index < -0.39 is 23.0 Å². The summed E-state index contributed by atoms with van der Waals surface area (Å²) in [6.45, 7) is 0. The second-order valence-corrected chi connectivity index (χ2v) is 4.69. The molecule has 1 aliphatic carbocycles. The molecule has 0 spiro atoms. The molecule has 1 aromatic carbocycles. The second kappa shape index (κ2) is 4.80. The SMILES string of the molecule is O=C(CCCl)NC1(c2c(F)cc(F)cc2F)CC1. The maximum Gasteiger partial charge on any atom is 0.221 e. The molecule has 0 unspecified atom stereocenters. The quantitative estimate of drug-likeness (QED) is 0.843. The monoisotopic (exact) mass is 277 g/mol. The van der Waals surface area contributed by atoms with Crippen molar-refractivity contribution in [2.75, 3.05) is 5.88 Å². The zero-order valence-corrected chi connectivity index (χ0v) is 10.2. The van der Waals surface area contributed by atoms with E-state index >= 15 is 0 Å². The summed E-state index contributed by atoms with van der Waals surface area (Å²) in [4.78, 5) is 11.4. The zero-order valence-electron chi connectivity index (χ0n) is 9.40. The van der Waals surface area contributed by atoms with Crippen molar-refractivity contribution < 1.29 is 18.0 Å². The van der Waals surface area contributed by atoms with E-state index in [2.05, 4.69) is 5.32 Å². The standard InChI is InChI=1S/C12H11ClF3NO/c13-4-1-10(18)17-12(2-3-12)11-8(15)5-7(14)6-9(11)16/h5-6H,1-4H2,(H,17,18). The molecule has 0 heterocycles. The molecule has 2 nitrogen and oxygen atoms in total. The van der Waals surface area contributed by atoms with Crippen LogP contribution in [-0.4, -0.2) is 11.8 Å². The normalized spacial score (nSPS) is 16.4. The number of carbonyl (C=O) groups excluding carboxylic acids is 1. The average Bonchev–Trinajstić information content (AvgIpc) is 2.96. The van der Waals surface area contributed by atoms with Gasteiger partial charge in [-0.15, -0.1) is 11.6 Å². The van der Waals surface area contributed by atoms with E-state index in [-0.39, 0.29) is 23.8 Å². The number of benzene rings is 1. The topological polar surface area (TPSA) is 29.1 Å².